The number of unbranched alkanes of at least 4 members (excludes halogenated alkanes) is 14. The van der Waals surface area contributed by atoms with Crippen LogP contribution >= 0.6 is 7.82 Å². The molecular formula is C64H103O11P. The molecule has 3 atom stereocenters. The molecule has 0 aromatic heterocycles. The van der Waals surface area contributed by atoms with Gasteiger partial charge in [-0.15, -0.1) is 0 Å². The van der Waals surface area contributed by atoms with E-state index in [1.54, 1.807) is 6.08 Å². The minimum Gasteiger partial charge on any atom is -0.461 e. The van der Waals surface area contributed by atoms with Crippen molar-refractivity contribution in [2.75, 3.05) is 26.4 Å². The van der Waals surface area contributed by atoms with Gasteiger partial charge >= 0.3 is 25.7 Å². The number of aliphatic hydroxyl groups is 1. The third-order valence-electron chi connectivity index (χ3n) is 11.6. The van der Waals surface area contributed by atoms with Crippen LogP contribution in [0.4, 0.5) is 0 Å². The highest BCUT2D eigenvalue weighted by molar-refractivity contribution is 7.47. The van der Waals surface area contributed by atoms with Crippen LogP contribution in [0.2, 0.25) is 0 Å². The summed E-state index contributed by atoms with van der Waals surface area (Å²) in [5, 5.41) is 9.82. The summed E-state index contributed by atoms with van der Waals surface area (Å²) in [6.45, 7) is 4.23. The molecule has 2 N–H and O–H groups in total. The Hall–Kier alpha value is -4.38. The average molecular weight is 1080 g/mol. The zero-order valence-corrected chi connectivity index (χ0v) is 48.3. The number of hydrogen-bond donors (Lipinski definition) is 2. The Morgan fingerprint density at radius 1 is 0.395 bits per heavy atom. The molecular weight excluding hydrogens is 976 g/mol. The summed E-state index contributed by atoms with van der Waals surface area (Å²) >= 11 is 0. The number of phosphoric ester groups is 1. The molecule has 0 heterocycles. The fourth-order valence-electron chi connectivity index (χ4n) is 7.21. The fraction of sp³-hybridized carbons (Fsp3) is 0.609. The van der Waals surface area contributed by atoms with Gasteiger partial charge in [-0.2, -0.15) is 0 Å². The molecule has 0 aliphatic rings. The van der Waals surface area contributed by atoms with Crippen molar-refractivity contribution in [3.63, 3.8) is 0 Å². The van der Waals surface area contributed by atoms with E-state index in [0.29, 0.717) is 19.3 Å². The zero-order chi connectivity index (χ0) is 55.5. The molecule has 76 heavy (non-hydrogen) atoms. The Morgan fingerprint density at radius 3 is 1.12 bits per heavy atom. The minimum absolute atomic E-state index is 0.0167. The van der Waals surface area contributed by atoms with Gasteiger partial charge in [0.2, 0.25) is 0 Å². The fourth-order valence-corrected chi connectivity index (χ4v) is 8.00. The lowest BCUT2D eigenvalue weighted by Crippen LogP contribution is -2.30. The first-order chi connectivity index (χ1) is 37.2. The molecule has 0 amide bonds. The first kappa shape index (κ1) is 71.6. The third-order valence-corrected chi connectivity index (χ3v) is 12.5. The van der Waals surface area contributed by atoms with Crippen molar-refractivity contribution in [3.8, 4) is 0 Å². The van der Waals surface area contributed by atoms with E-state index in [2.05, 4.69) is 136 Å². The van der Waals surface area contributed by atoms with Crippen molar-refractivity contribution in [3.05, 3.63) is 134 Å². The topological polar surface area (TPSA) is 155 Å². The van der Waals surface area contributed by atoms with Gasteiger partial charge in [0.25, 0.3) is 0 Å². The van der Waals surface area contributed by atoms with Gasteiger partial charge in [-0.1, -0.05) is 212 Å². The van der Waals surface area contributed by atoms with Crippen LogP contribution in [-0.2, 0) is 42.2 Å². The quantitative estimate of drug-likeness (QED) is 0.0197. The lowest BCUT2D eigenvalue weighted by molar-refractivity contribution is -0.161. The van der Waals surface area contributed by atoms with Crippen LogP contribution in [0.5, 0.6) is 0 Å². The summed E-state index contributed by atoms with van der Waals surface area (Å²) in [5.74, 6) is -1.66. The highest BCUT2D eigenvalue weighted by Gasteiger charge is 2.28. The maximum atomic E-state index is 12.9. The number of carbonyl (C=O) groups is 3. The molecule has 0 aliphatic heterocycles. The van der Waals surface area contributed by atoms with Gasteiger partial charge in [0.1, 0.15) is 12.7 Å². The SMILES string of the molecule is CC/C=C\C/C=C\C/C=C\C/C=C\C/C=C\CC(=O)OCC(COP(=O)(O)OCC(CO)OC(=O)CCCCCCC/C=C\C/C=C\C/C=C\CC)OC(=O)CCCCCCCC/C=C\C/C=C\C/C=C\CCCCC. The van der Waals surface area contributed by atoms with Crippen LogP contribution in [-0.4, -0.2) is 66.5 Å². The van der Waals surface area contributed by atoms with Crippen molar-refractivity contribution < 1.29 is 52.2 Å². The number of ether oxygens (including phenoxy) is 3. The van der Waals surface area contributed by atoms with Crippen molar-refractivity contribution in [2.24, 2.45) is 0 Å². The smallest absolute Gasteiger partial charge is 0.461 e. The van der Waals surface area contributed by atoms with Crippen LogP contribution in [0.15, 0.2) is 134 Å². The van der Waals surface area contributed by atoms with Crippen molar-refractivity contribution >= 4 is 25.7 Å². The summed E-state index contributed by atoms with van der Waals surface area (Å²) in [4.78, 5) is 48.5. The number of hydrogen-bond acceptors (Lipinski definition) is 10. The molecule has 0 aromatic rings. The van der Waals surface area contributed by atoms with Crippen LogP contribution in [0.3, 0.4) is 0 Å². The van der Waals surface area contributed by atoms with Gasteiger partial charge in [-0.25, -0.2) is 4.57 Å². The Balaban J connectivity index is 4.88. The van der Waals surface area contributed by atoms with E-state index in [9.17, 15) is 28.9 Å². The Morgan fingerprint density at radius 2 is 0.724 bits per heavy atom. The number of aliphatic hydroxyl groups excluding tert-OH is 1. The predicted octanol–water partition coefficient (Wildman–Crippen LogP) is 17.4. The number of rotatable bonds is 52. The Labute approximate surface area is 461 Å². The van der Waals surface area contributed by atoms with Crippen LogP contribution in [0.1, 0.15) is 213 Å². The lowest BCUT2D eigenvalue weighted by Gasteiger charge is -2.21. The van der Waals surface area contributed by atoms with Gasteiger partial charge in [-0.05, 0) is 116 Å². The number of carbonyl (C=O) groups excluding carboxylic acids is 3. The third kappa shape index (κ3) is 54.4. The predicted molar refractivity (Wildman–Crippen MR) is 316 cm³/mol. The van der Waals surface area contributed by atoms with Gasteiger partial charge in [0, 0.05) is 12.8 Å². The van der Waals surface area contributed by atoms with E-state index < -0.39 is 64.4 Å². The van der Waals surface area contributed by atoms with Crippen LogP contribution in [0.25, 0.3) is 0 Å². The Kier molecular flexibility index (Phi) is 53.5. The summed E-state index contributed by atoms with van der Waals surface area (Å²) in [5.41, 5.74) is 0. The number of esters is 3. The molecule has 0 spiro atoms. The monoisotopic (exact) mass is 1080 g/mol. The molecule has 0 bridgehead atoms. The number of phosphoric acid groups is 1. The molecule has 0 rings (SSSR count). The zero-order valence-electron chi connectivity index (χ0n) is 47.4. The van der Waals surface area contributed by atoms with Gasteiger partial charge < -0.3 is 24.2 Å². The maximum absolute atomic E-state index is 12.9. The first-order valence-corrected chi connectivity index (χ1v) is 30.6. The maximum Gasteiger partial charge on any atom is 0.472 e. The van der Waals surface area contributed by atoms with Gasteiger partial charge in [0.05, 0.1) is 26.2 Å². The highest BCUT2D eigenvalue weighted by atomic mass is 31.2. The normalized spacial score (nSPS) is 14.3. The van der Waals surface area contributed by atoms with Crippen molar-refractivity contribution in [1.82, 2.24) is 0 Å². The molecule has 0 saturated heterocycles. The molecule has 0 radical (unpaired) electrons. The molecule has 430 valence electrons. The number of allylic oxidation sites excluding steroid dienone is 21. The van der Waals surface area contributed by atoms with Gasteiger partial charge in [-0.3, -0.25) is 23.4 Å². The summed E-state index contributed by atoms with van der Waals surface area (Å²) in [7, 11) is -4.79. The second kappa shape index (κ2) is 56.8. The van der Waals surface area contributed by atoms with Crippen molar-refractivity contribution in [2.45, 2.75) is 226 Å². The van der Waals surface area contributed by atoms with Crippen LogP contribution in [0, 0.1) is 0 Å². The standard InChI is InChI=1S/C64H103O11P/c1-4-7-10-13-16-19-22-25-28-29-30-31-34-37-40-43-46-49-52-55-64(68)75-61(57-71-62(66)53-50-47-44-41-38-35-32-26-23-20-17-14-11-8-5-2)59-73-76(69,70)72-58-60(56-65)74-63(67)54-51-48-45-42-39-36-33-27-24-21-18-15-12-9-6-3/h8-9,11-12,16-21,25-28,30-33,38,41,47,50,60-61,65H,4-7,10,13-15,22-24,29,34-37,39-40,42-46,48-49,51-59H2,1-3H3,(H,69,70)/b11-8-,12-9-,19-16-,20-17-,21-18-,28-25-,31-30-,32-26-,33-27-,41-38-,50-47-. The molecule has 0 saturated carbocycles. The summed E-state index contributed by atoms with van der Waals surface area (Å²) in [6.07, 6.45) is 71.5. The van der Waals surface area contributed by atoms with Crippen molar-refractivity contribution in [1.29, 1.82) is 0 Å². The van der Waals surface area contributed by atoms with E-state index in [0.717, 1.165) is 128 Å². The molecule has 0 aromatic carbocycles. The molecule has 0 aliphatic carbocycles. The Bertz CT molecular complexity index is 1780. The van der Waals surface area contributed by atoms with Gasteiger partial charge in [0.15, 0.2) is 6.10 Å². The molecule has 0 fully saturated rings. The molecule has 11 nitrogen and oxygen atoms in total. The second-order valence-electron chi connectivity index (χ2n) is 18.7. The largest absolute Gasteiger partial charge is 0.472 e. The minimum atomic E-state index is -4.79. The molecule has 12 heteroatoms. The van der Waals surface area contributed by atoms with E-state index >= 15 is 0 Å². The highest BCUT2D eigenvalue weighted by Crippen LogP contribution is 2.43. The van der Waals surface area contributed by atoms with E-state index in [4.69, 9.17) is 23.3 Å². The second-order valence-corrected chi connectivity index (χ2v) is 20.2. The van der Waals surface area contributed by atoms with E-state index in [1.165, 1.54) is 25.7 Å². The summed E-state index contributed by atoms with van der Waals surface area (Å²) < 4.78 is 39.4. The van der Waals surface area contributed by atoms with Crippen LogP contribution < -0.4 is 0 Å². The van der Waals surface area contributed by atoms with E-state index in [-0.39, 0.29) is 19.3 Å². The summed E-state index contributed by atoms with van der Waals surface area (Å²) in [6, 6.07) is 0. The lowest BCUT2D eigenvalue weighted by atomic mass is 10.1. The molecule has 3 unspecified atom stereocenters. The average Bonchev–Trinajstić information content (AvgIpc) is 3.41. The van der Waals surface area contributed by atoms with E-state index in [1.807, 2.05) is 12.2 Å². The first-order valence-electron chi connectivity index (χ1n) is 29.1.